The summed E-state index contributed by atoms with van der Waals surface area (Å²) in [4.78, 5) is 2.41. The lowest BCUT2D eigenvalue weighted by molar-refractivity contribution is 0.263. The lowest BCUT2D eigenvalue weighted by Crippen LogP contribution is -2.36. The van der Waals surface area contributed by atoms with Gasteiger partial charge in [0.05, 0.1) is 4.90 Å². The Balaban J connectivity index is 2.35. The summed E-state index contributed by atoms with van der Waals surface area (Å²) in [7, 11) is 0.514. The van der Waals surface area contributed by atoms with Gasteiger partial charge in [0, 0.05) is 24.8 Å². The van der Waals surface area contributed by atoms with Gasteiger partial charge in [0.1, 0.15) is 0 Å². The van der Waals surface area contributed by atoms with Crippen LogP contribution in [0.15, 0.2) is 23.1 Å². The van der Waals surface area contributed by atoms with Gasteiger partial charge in [0.25, 0.3) is 0 Å². The molecular weight excluding hydrogens is 274 g/mol. The summed E-state index contributed by atoms with van der Waals surface area (Å²) in [6.45, 7) is 4.98. The van der Waals surface area contributed by atoms with Crippen molar-refractivity contribution in [3.63, 3.8) is 0 Å². The van der Waals surface area contributed by atoms with E-state index in [1.165, 1.54) is 0 Å². The average molecular weight is 297 g/mol. The zero-order valence-electron chi connectivity index (χ0n) is 12.5. The van der Waals surface area contributed by atoms with E-state index < -0.39 is 10.0 Å². The van der Waals surface area contributed by atoms with Crippen molar-refractivity contribution in [2.45, 2.75) is 24.8 Å². The molecular formula is C14H23N3O2S. The minimum atomic E-state index is -3.46. The maximum absolute atomic E-state index is 12.8. The zero-order chi connectivity index (χ0) is 15.1. The Bertz CT molecular complexity index is 598. The molecule has 2 rings (SSSR count). The van der Waals surface area contributed by atoms with Crippen LogP contribution in [0.1, 0.15) is 12.5 Å². The number of hydrogen-bond donors (Lipinski definition) is 1. The molecule has 1 heterocycles. The van der Waals surface area contributed by atoms with Gasteiger partial charge in [0.2, 0.25) is 10.0 Å². The molecule has 1 aromatic rings. The topological polar surface area (TPSA) is 66.6 Å². The fourth-order valence-electron chi connectivity index (χ4n) is 2.81. The highest BCUT2D eigenvalue weighted by atomic mass is 32.2. The number of nitrogens with zero attached hydrogens (tertiary/aromatic N) is 2. The normalized spacial score (nSPS) is 24.4. The first-order chi connectivity index (χ1) is 9.23. The fraction of sp³-hybridized carbons (Fsp3) is 0.571. The van der Waals surface area contributed by atoms with Crippen molar-refractivity contribution in [3.05, 3.63) is 23.8 Å². The van der Waals surface area contributed by atoms with Crippen molar-refractivity contribution in [2.24, 2.45) is 5.92 Å². The Morgan fingerprint density at radius 2 is 1.95 bits per heavy atom. The van der Waals surface area contributed by atoms with E-state index in [9.17, 15) is 8.42 Å². The lowest BCUT2D eigenvalue weighted by atomic mass is 10.1. The molecule has 6 heteroatoms. The third-order valence-electron chi connectivity index (χ3n) is 4.03. The van der Waals surface area contributed by atoms with Gasteiger partial charge in [-0.1, -0.05) is 13.0 Å². The molecule has 5 nitrogen and oxygen atoms in total. The van der Waals surface area contributed by atoms with Crippen molar-refractivity contribution >= 4 is 15.7 Å². The van der Waals surface area contributed by atoms with Gasteiger partial charge < -0.3 is 10.6 Å². The molecule has 0 aliphatic carbocycles. The molecule has 0 aromatic heterocycles. The summed E-state index contributed by atoms with van der Waals surface area (Å²) in [6, 6.07) is 5.29. The number of hydrogen-bond acceptors (Lipinski definition) is 4. The quantitative estimate of drug-likeness (QED) is 0.850. The van der Waals surface area contributed by atoms with Crippen molar-refractivity contribution in [2.75, 3.05) is 32.9 Å². The SMILES string of the molecule is Cc1ccc(N)cc1S(=O)(=O)N1CC(C)C(N(C)C)C1. The van der Waals surface area contributed by atoms with Crippen LogP contribution in [-0.4, -0.2) is 50.8 Å². The molecule has 1 fully saturated rings. The van der Waals surface area contributed by atoms with Crippen molar-refractivity contribution in [3.8, 4) is 0 Å². The summed E-state index contributed by atoms with van der Waals surface area (Å²) in [5.41, 5.74) is 6.95. The number of anilines is 1. The molecule has 1 aliphatic rings. The molecule has 0 spiro atoms. The Morgan fingerprint density at radius 1 is 1.30 bits per heavy atom. The number of likely N-dealkylation sites (N-methyl/N-ethyl adjacent to an activating group) is 1. The van der Waals surface area contributed by atoms with E-state index in [-0.39, 0.29) is 6.04 Å². The maximum Gasteiger partial charge on any atom is 0.243 e. The predicted molar refractivity (Wildman–Crippen MR) is 81.0 cm³/mol. The molecule has 20 heavy (non-hydrogen) atoms. The van der Waals surface area contributed by atoms with Gasteiger partial charge >= 0.3 is 0 Å². The van der Waals surface area contributed by atoms with Crippen LogP contribution in [0, 0.1) is 12.8 Å². The number of nitrogens with two attached hydrogens (primary N) is 1. The Hall–Kier alpha value is -1.11. The number of rotatable bonds is 3. The summed E-state index contributed by atoms with van der Waals surface area (Å²) < 4.78 is 27.1. The fourth-order valence-corrected chi connectivity index (χ4v) is 4.63. The van der Waals surface area contributed by atoms with Crippen LogP contribution in [0.25, 0.3) is 0 Å². The molecule has 2 unspecified atom stereocenters. The monoisotopic (exact) mass is 297 g/mol. The zero-order valence-corrected chi connectivity index (χ0v) is 13.3. The van der Waals surface area contributed by atoms with E-state index in [4.69, 9.17) is 5.73 Å². The largest absolute Gasteiger partial charge is 0.399 e. The van der Waals surface area contributed by atoms with Gasteiger partial charge in [-0.3, -0.25) is 0 Å². The second kappa shape index (κ2) is 5.35. The number of aryl methyl sites for hydroxylation is 1. The molecule has 0 bridgehead atoms. The van der Waals surface area contributed by atoms with Crippen molar-refractivity contribution < 1.29 is 8.42 Å². The third kappa shape index (κ3) is 2.68. The van der Waals surface area contributed by atoms with Gasteiger partial charge in [-0.15, -0.1) is 0 Å². The van der Waals surface area contributed by atoms with Crippen LogP contribution in [0.4, 0.5) is 5.69 Å². The van der Waals surface area contributed by atoms with Gasteiger partial charge in [-0.25, -0.2) is 8.42 Å². The number of nitrogen functional groups attached to an aromatic ring is 1. The first-order valence-corrected chi connectivity index (χ1v) is 8.20. The van der Waals surface area contributed by atoms with E-state index in [0.717, 1.165) is 5.56 Å². The van der Waals surface area contributed by atoms with Crippen LogP contribution in [0.3, 0.4) is 0 Å². The minimum absolute atomic E-state index is 0.256. The summed E-state index contributed by atoms with van der Waals surface area (Å²) in [5.74, 6) is 0.321. The Kier molecular flexibility index (Phi) is 4.09. The van der Waals surface area contributed by atoms with E-state index in [2.05, 4.69) is 11.8 Å². The molecule has 112 valence electrons. The summed E-state index contributed by atoms with van der Waals surface area (Å²) >= 11 is 0. The highest BCUT2D eigenvalue weighted by molar-refractivity contribution is 7.89. The van der Waals surface area contributed by atoms with E-state index in [1.807, 2.05) is 14.1 Å². The third-order valence-corrected chi connectivity index (χ3v) is 6.01. The Labute approximate surface area is 121 Å². The highest BCUT2D eigenvalue weighted by Crippen LogP contribution is 2.28. The molecule has 2 N–H and O–H groups in total. The van der Waals surface area contributed by atoms with Crippen molar-refractivity contribution in [1.29, 1.82) is 0 Å². The van der Waals surface area contributed by atoms with Crippen LogP contribution in [0.5, 0.6) is 0 Å². The van der Waals surface area contributed by atoms with Gasteiger partial charge in [0.15, 0.2) is 0 Å². The molecule has 0 saturated carbocycles. The van der Waals surface area contributed by atoms with E-state index in [1.54, 1.807) is 29.4 Å². The maximum atomic E-state index is 12.8. The first-order valence-electron chi connectivity index (χ1n) is 6.76. The first kappa shape index (κ1) is 15.3. The van der Waals surface area contributed by atoms with Crippen molar-refractivity contribution in [1.82, 2.24) is 9.21 Å². The molecule has 0 amide bonds. The van der Waals surface area contributed by atoms with Gasteiger partial charge in [-0.2, -0.15) is 4.31 Å². The molecule has 0 radical (unpaired) electrons. The summed E-state index contributed by atoms with van der Waals surface area (Å²) in [6.07, 6.45) is 0. The minimum Gasteiger partial charge on any atom is -0.399 e. The smallest absolute Gasteiger partial charge is 0.243 e. The number of sulfonamides is 1. The van der Waals surface area contributed by atoms with E-state index >= 15 is 0 Å². The van der Waals surface area contributed by atoms with Crippen LogP contribution >= 0.6 is 0 Å². The predicted octanol–water partition coefficient (Wildman–Crippen LogP) is 1.15. The van der Waals surface area contributed by atoms with Crippen LogP contribution in [0.2, 0.25) is 0 Å². The average Bonchev–Trinajstić information content (AvgIpc) is 2.75. The lowest BCUT2D eigenvalue weighted by Gasteiger charge is -2.22. The molecule has 1 aliphatic heterocycles. The molecule has 2 atom stereocenters. The second-order valence-corrected chi connectivity index (χ2v) is 7.76. The Morgan fingerprint density at radius 3 is 2.50 bits per heavy atom. The summed E-state index contributed by atoms with van der Waals surface area (Å²) in [5, 5.41) is 0. The highest BCUT2D eigenvalue weighted by Gasteiger charge is 2.38. The van der Waals surface area contributed by atoms with Gasteiger partial charge in [-0.05, 0) is 44.6 Å². The molecule has 1 aromatic carbocycles. The van der Waals surface area contributed by atoms with Crippen LogP contribution in [-0.2, 0) is 10.0 Å². The standard InChI is InChI=1S/C14H23N3O2S/c1-10-5-6-12(15)7-14(10)20(18,19)17-8-11(2)13(9-17)16(3)4/h5-7,11,13H,8-9,15H2,1-4H3. The van der Waals surface area contributed by atoms with E-state index in [0.29, 0.717) is 29.6 Å². The second-order valence-electron chi connectivity index (χ2n) is 5.86. The van der Waals surface area contributed by atoms with Crippen LogP contribution < -0.4 is 5.73 Å². The number of benzene rings is 1. The molecule has 1 saturated heterocycles.